The first-order valence-electron chi connectivity index (χ1n) is 6.00. The second kappa shape index (κ2) is 6.20. The number of carbonyl (C=O) groups excluding carboxylic acids is 1. The molecule has 0 spiro atoms. The predicted molar refractivity (Wildman–Crippen MR) is 71.1 cm³/mol. The second-order valence-electron chi connectivity index (χ2n) is 4.29. The van der Waals surface area contributed by atoms with Crippen LogP contribution in [0.25, 0.3) is 0 Å². The number of aliphatic hydroxyl groups is 1. The summed E-state index contributed by atoms with van der Waals surface area (Å²) >= 11 is 3.48. The van der Waals surface area contributed by atoms with Crippen molar-refractivity contribution >= 4 is 22.0 Å². The van der Waals surface area contributed by atoms with E-state index in [1.165, 1.54) is 0 Å². The molecule has 0 radical (unpaired) electrons. The summed E-state index contributed by atoms with van der Waals surface area (Å²) in [5, 5.41) is 8.68. The lowest BCUT2D eigenvalue weighted by atomic mass is 10.2. The molecule has 2 rings (SSSR count). The highest BCUT2D eigenvalue weighted by Crippen LogP contribution is 2.30. The topological polar surface area (TPSA) is 49.8 Å². The molecule has 0 atom stereocenters. The summed E-state index contributed by atoms with van der Waals surface area (Å²) in [4.78, 5) is 13.6. The van der Waals surface area contributed by atoms with Gasteiger partial charge in [-0.25, -0.2) is 4.79 Å². The third-order valence-electron chi connectivity index (χ3n) is 2.84. The van der Waals surface area contributed by atoms with Crippen molar-refractivity contribution < 1.29 is 14.6 Å². The van der Waals surface area contributed by atoms with Gasteiger partial charge in [0, 0.05) is 10.5 Å². The zero-order chi connectivity index (χ0) is 13.0. The van der Waals surface area contributed by atoms with Crippen molar-refractivity contribution in [2.75, 3.05) is 13.2 Å². The molecule has 4 nitrogen and oxygen atoms in total. The van der Waals surface area contributed by atoms with Gasteiger partial charge in [0.1, 0.15) is 6.61 Å². The van der Waals surface area contributed by atoms with Gasteiger partial charge in [0.15, 0.2) is 0 Å². The first kappa shape index (κ1) is 13.4. The van der Waals surface area contributed by atoms with E-state index in [-0.39, 0.29) is 25.3 Å². The third kappa shape index (κ3) is 3.46. The number of benzene rings is 1. The maximum Gasteiger partial charge on any atom is 0.410 e. The molecule has 0 saturated heterocycles. The van der Waals surface area contributed by atoms with Gasteiger partial charge in [0.05, 0.1) is 13.2 Å². The molecule has 1 fully saturated rings. The summed E-state index contributed by atoms with van der Waals surface area (Å²) in [6.45, 7) is 0.452. The maximum absolute atomic E-state index is 11.9. The van der Waals surface area contributed by atoms with Gasteiger partial charge in [-0.15, -0.1) is 0 Å². The minimum atomic E-state index is -0.345. The van der Waals surface area contributed by atoms with Crippen LogP contribution in [0.15, 0.2) is 28.7 Å². The van der Waals surface area contributed by atoms with Crippen LogP contribution in [0.5, 0.6) is 0 Å². The molecule has 1 aliphatic carbocycles. The minimum Gasteiger partial charge on any atom is -0.447 e. The van der Waals surface area contributed by atoms with Crippen molar-refractivity contribution in [3.05, 3.63) is 34.3 Å². The molecule has 0 heterocycles. The number of halogens is 1. The van der Waals surface area contributed by atoms with Crippen LogP contribution in [0.2, 0.25) is 0 Å². The van der Waals surface area contributed by atoms with Crippen LogP contribution < -0.4 is 0 Å². The Balaban J connectivity index is 2.02. The SMILES string of the molecule is O=C(OCCO)N(Cc1ccccc1Br)C1CC1. The van der Waals surface area contributed by atoms with Gasteiger partial charge in [-0.05, 0) is 24.5 Å². The zero-order valence-corrected chi connectivity index (χ0v) is 11.6. The van der Waals surface area contributed by atoms with Crippen LogP contribution in [-0.2, 0) is 11.3 Å². The van der Waals surface area contributed by atoms with Gasteiger partial charge in [0.2, 0.25) is 0 Å². The van der Waals surface area contributed by atoms with Crippen molar-refractivity contribution in [3.63, 3.8) is 0 Å². The van der Waals surface area contributed by atoms with Gasteiger partial charge in [-0.2, -0.15) is 0 Å². The Morgan fingerprint density at radius 2 is 2.17 bits per heavy atom. The summed E-state index contributed by atoms with van der Waals surface area (Å²) in [7, 11) is 0. The number of hydrogen-bond donors (Lipinski definition) is 1. The Morgan fingerprint density at radius 3 is 2.78 bits per heavy atom. The summed E-state index contributed by atoms with van der Waals surface area (Å²) in [6, 6.07) is 8.12. The van der Waals surface area contributed by atoms with Gasteiger partial charge in [-0.1, -0.05) is 34.1 Å². The molecule has 1 aromatic rings. The largest absolute Gasteiger partial charge is 0.447 e. The van der Waals surface area contributed by atoms with E-state index in [4.69, 9.17) is 9.84 Å². The number of amides is 1. The van der Waals surface area contributed by atoms with Crippen LogP contribution in [0.1, 0.15) is 18.4 Å². The molecule has 1 amide bonds. The Morgan fingerprint density at radius 1 is 1.44 bits per heavy atom. The first-order chi connectivity index (χ1) is 8.72. The first-order valence-corrected chi connectivity index (χ1v) is 6.79. The van der Waals surface area contributed by atoms with Gasteiger partial charge >= 0.3 is 6.09 Å². The number of hydrogen-bond acceptors (Lipinski definition) is 3. The summed E-state index contributed by atoms with van der Waals surface area (Å²) < 4.78 is 5.98. The van der Waals surface area contributed by atoms with Crippen LogP contribution in [0.3, 0.4) is 0 Å². The fourth-order valence-electron chi connectivity index (χ4n) is 1.75. The van der Waals surface area contributed by atoms with Gasteiger partial charge in [-0.3, -0.25) is 0 Å². The van der Waals surface area contributed by atoms with E-state index < -0.39 is 0 Å². The molecule has 1 aliphatic rings. The lowest BCUT2D eigenvalue weighted by Gasteiger charge is -2.22. The standard InChI is InChI=1S/C13H16BrNO3/c14-12-4-2-1-3-10(12)9-15(11-5-6-11)13(17)18-8-7-16/h1-4,11,16H,5-9H2. The molecule has 1 saturated carbocycles. The molecule has 18 heavy (non-hydrogen) atoms. The van der Waals surface area contributed by atoms with Crippen molar-refractivity contribution in [1.82, 2.24) is 4.90 Å². The van der Waals surface area contributed by atoms with Gasteiger partial charge in [0.25, 0.3) is 0 Å². The van der Waals surface area contributed by atoms with E-state index in [9.17, 15) is 4.79 Å². The predicted octanol–water partition coefficient (Wildman–Crippen LogP) is 2.54. The van der Waals surface area contributed by atoms with Crippen molar-refractivity contribution in [2.45, 2.75) is 25.4 Å². The Bertz CT molecular complexity index is 420. The van der Waals surface area contributed by atoms with E-state index in [0.29, 0.717) is 6.54 Å². The summed E-state index contributed by atoms with van der Waals surface area (Å²) in [5.74, 6) is 0. The molecule has 0 aromatic heterocycles. The average molecular weight is 314 g/mol. The maximum atomic E-state index is 11.9. The summed E-state index contributed by atoms with van der Waals surface area (Å²) in [6.07, 6.45) is 1.71. The van der Waals surface area contributed by atoms with Gasteiger partial charge < -0.3 is 14.7 Å². The van der Waals surface area contributed by atoms with E-state index in [1.807, 2.05) is 24.3 Å². The molecule has 5 heteroatoms. The third-order valence-corrected chi connectivity index (χ3v) is 3.61. The zero-order valence-electron chi connectivity index (χ0n) is 10.0. The fraction of sp³-hybridized carbons (Fsp3) is 0.462. The molecular weight excluding hydrogens is 298 g/mol. The number of rotatable bonds is 5. The van der Waals surface area contributed by atoms with Crippen LogP contribution >= 0.6 is 15.9 Å². The molecule has 0 aliphatic heterocycles. The van der Waals surface area contributed by atoms with E-state index in [1.54, 1.807) is 4.90 Å². The highest BCUT2D eigenvalue weighted by atomic mass is 79.9. The van der Waals surface area contributed by atoms with Crippen LogP contribution in [0, 0.1) is 0 Å². The molecule has 0 unspecified atom stereocenters. The molecule has 1 N–H and O–H groups in total. The molecule has 0 bridgehead atoms. The number of aliphatic hydroxyl groups excluding tert-OH is 1. The number of carbonyl (C=O) groups is 1. The lowest BCUT2D eigenvalue weighted by Crippen LogP contribution is -2.33. The smallest absolute Gasteiger partial charge is 0.410 e. The Labute approximate surface area is 115 Å². The van der Waals surface area contributed by atoms with Crippen molar-refractivity contribution in [1.29, 1.82) is 0 Å². The highest BCUT2D eigenvalue weighted by Gasteiger charge is 2.33. The molecular formula is C13H16BrNO3. The van der Waals surface area contributed by atoms with Crippen molar-refractivity contribution in [3.8, 4) is 0 Å². The number of ether oxygens (including phenoxy) is 1. The second-order valence-corrected chi connectivity index (χ2v) is 5.14. The van der Waals surface area contributed by atoms with E-state index >= 15 is 0 Å². The van der Waals surface area contributed by atoms with Crippen molar-refractivity contribution in [2.24, 2.45) is 0 Å². The summed E-state index contributed by atoms with van der Waals surface area (Å²) in [5.41, 5.74) is 1.06. The highest BCUT2D eigenvalue weighted by molar-refractivity contribution is 9.10. The lowest BCUT2D eigenvalue weighted by molar-refractivity contribution is 0.0797. The monoisotopic (exact) mass is 313 g/mol. The van der Waals surface area contributed by atoms with Crippen LogP contribution in [-0.4, -0.2) is 35.4 Å². The van der Waals surface area contributed by atoms with E-state index in [0.717, 1.165) is 22.9 Å². The minimum absolute atomic E-state index is 0.0536. The van der Waals surface area contributed by atoms with Crippen LogP contribution in [0.4, 0.5) is 4.79 Å². The molecule has 98 valence electrons. The Kier molecular flexibility index (Phi) is 4.60. The fourth-order valence-corrected chi connectivity index (χ4v) is 2.17. The molecule has 1 aromatic carbocycles. The normalized spacial score (nSPS) is 14.3. The van der Waals surface area contributed by atoms with E-state index in [2.05, 4.69) is 15.9 Å². The number of nitrogens with zero attached hydrogens (tertiary/aromatic N) is 1. The quantitative estimate of drug-likeness (QED) is 0.909. The average Bonchev–Trinajstić information content (AvgIpc) is 3.19. The Hall–Kier alpha value is -1.07.